The van der Waals surface area contributed by atoms with Gasteiger partial charge in [-0.25, -0.2) is 5.10 Å². The van der Waals surface area contributed by atoms with E-state index in [-0.39, 0.29) is 35.6 Å². The number of halogens is 1. The highest BCUT2D eigenvalue weighted by Gasteiger charge is 2.25. The molecule has 106 valence electrons. The lowest BCUT2D eigenvalue weighted by Gasteiger charge is -2.31. The van der Waals surface area contributed by atoms with Gasteiger partial charge in [-0.2, -0.15) is 5.10 Å². The number of aromatic amines is 1. The molecule has 1 aromatic rings. The number of carbonyl (C=O) groups excluding carboxylic acids is 1. The van der Waals surface area contributed by atoms with E-state index in [4.69, 9.17) is 5.73 Å². The van der Waals surface area contributed by atoms with Gasteiger partial charge in [-0.05, 0) is 31.4 Å². The molecule has 4 N–H and O–H groups in total. The maximum atomic E-state index is 11.9. The number of nitrogens with zero attached hydrogens (tertiary/aromatic N) is 1. The number of aromatic nitrogens is 2. The van der Waals surface area contributed by atoms with E-state index in [0.29, 0.717) is 12.5 Å². The molecule has 1 saturated carbocycles. The third-order valence-corrected chi connectivity index (χ3v) is 3.44. The van der Waals surface area contributed by atoms with Gasteiger partial charge < -0.3 is 11.1 Å². The molecule has 19 heavy (non-hydrogen) atoms. The molecule has 0 saturated heterocycles. The van der Waals surface area contributed by atoms with Crippen molar-refractivity contribution in [1.29, 1.82) is 0 Å². The van der Waals surface area contributed by atoms with Crippen LogP contribution in [0.25, 0.3) is 0 Å². The second kappa shape index (κ2) is 7.25. The molecule has 0 bridgehead atoms. The molecule has 2 atom stereocenters. The quantitative estimate of drug-likeness (QED) is 0.750. The summed E-state index contributed by atoms with van der Waals surface area (Å²) in [6.07, 6.45) is 4.29. The first-order valence-electron chi connectivity index (χ1n) is 6.27. The largest absolute Gasteiger partial charge is 0.348 e. The monoisotopic (exact) mass is 286 g/mol. The second-order valence-corrected chi connectivity index (χ2v) is 4.67. The van der Waals surface area contributed by atoms with Crippen LogP contribution in [0.5, 0.6) is 0 Å². The third kappa shape index (κ3) is 4.04. The van der Waals surface area contributed by atoms with Gasteiger partial charge in [0.05, 0.1) is 0 Å². The highest BCUT2D eigenvalue weighted by molar-refractivity contribution is 5.92. The SMILES string of the molecule is Cl.NCC1CCCCC1NC(=O)c1ccc(=O)[nH]n1. The van der Waals surface area contributed by atoms with Crippen molar-refractivity contribution in [3.8, 4) is 0 Å². The summed E-state index contributed by atoms with van der Waals surface area (Å²) in [5.41, 5.74) is 5.63. The summed E-state index contributed by atoms with van der Waals surface area (Å²) in [5.74, 6) is 0.0852. The third-order valence-electron chi connectivity index (χ3n) is 3.44. The Kier molecular flexibility index (Phi) is 5.98. The first-order chi connectivity index (χ1) is 8.70. The molecule has 0 aromatic carbocycles. The summed E-state index contributed by atoms with van der Waals surface area (Å²) in [6.45, 7) is 0.587. The maximum Gasteiger partial charge on any atom is 0.271 e. The minimum absolute atomic E-state index is 0. The molecule has 0 aliphatic heterocycles. The topological polar surface area (TPSA) is 101 Å². The molecule has 0 spiro atoms. The molecule has 1 aromatic heterocycles. The molecule has 7 heteroatoms. The number of hydrogen-bond donors (Lipinski definition) is 3. The Morgan fingerprint density at radius 3 is 2.79 bits per heavy atom. The van der Waals surface area contributed by atoms with Crippen molar-refractivity contribution in [2.75, 3.05) is 6.54 Å². The van der Waals surface area contributed by atoms with Crippen LogP contribution >= 0.6 is 12.4 Å². The Hall–Kier alpha value is -1.40. The Bertz CT molecular complexity index is 457. The normalized spacial score (nSPS) is 22.4. The van der Waals surface area contributed by atoms with Crippen LogP contribution in [-0.2, 0) is 0 Å². The molecule has 1 fully saturated rings. The van der Waals surface area contributed by atoms with Crippen molar-refractivity contribution in [1.82, 2.24) is 15.5 Å². The molecule has 1 aliphatic carbocycles. The number of hydrogen-bond acceptors (Lipinski definition) is 4. The highest BCUT2D eigenvalue weighted by Crippen LogP contribution is 2.23. The Morgan fingerprint density at radius 1 is 1.42 bits per heavy atom. The fourth-order valence-corrected chi connectivity index (χ4v) is 2.39. The zero-order valence-electron chi connectivity index (χ0n) is 10.6. The van der Waals surface area contributed by atoms with Crippen LogP contribution in [0.2, 0.25) is 0 Å². The van der Waals surface area contributed by atoms with E-state index >= 15 is 0 Å². The van der Waals surface area contributed by atoms with Crippen molar-refractivity contribution in [2.45, 2.75) is 31.7 Å². The molecular weight excluding hydrogens is 268 g/mol. The maximum absolute atomic E-state index is 11.9. The van der Waals surface area contributed by atoms with Gasteiger partial charge in [0.15, 0.2) is 0 Å². The van der Waals surface area contributed by atoms with Gasteiger partial charge in [0.1, 0.15) is 5.69 Å². The molecule has 2 rings (SSSR count). The molecule has 2 unspecified atom stereocenters. The van der Waals surface area contributed by atoms with E-state index in [0.717, 1.165) is 19.3 Å². The molecule has 6 nitrogen and oxygen atoms in total. The van der Waals surface area contributed by atoms with Crippen LogP contribution in [0.1, 0.15) is 36.2 Å². The molecule has 1 heterocycles. The molecule has 0 radical (unpaired) electrons. The van der Waals surface area contributed by atoms with Crippen molar-refractivity contribution in [3.05, 3.63) is 28.2 Å². The number of nitrogens with two attached hydrogens (primary N) is 1. The molecule has 1 amide bonds. The van der Waals surface area contributed by atoms with Crippen LogP contribution in [0.15, 0.2) is 16.9 Å². The van der Waals surface area contributed by atoms with E-state index in [1.807, 2.05) is 0 Å². The van der Waals surface area contributed by atoms with Gasteiger partial charge in [-0.15, -0.1) is 12.4 Å². The fraction of sp³-hybridized carbons (Fsp3) is 0.583. The van der Waals surface area contributed by atoms with Crippen LogP contribution in [-0.4, -0.2) is 28.7 Å². The van der Waals surface area contributed by atoms with Crippen molar-refractivity contribution in [3.63, 3.8) is 0 Å². The highest BCUT2D eigenvalue weighted by atomic mass is 35.5. The number of amides is 1. The average Bonchev–Trinajstić information content (AvgIpc) is 2.40. The van der Waals surface area contributed by atoms with E-state index in [1.165, 1.54) is 18.6 Å². The van der Waals surface area contributed by atoms with Gasteiger partial charge in [0.25, 0.3) is 11.5 Å². The van der Waals surface area contributed by atoms with Crippen LogP contribution < -0.4 is 16.6 Å². The summed E-state index contributed by atoms with van der Waals surface area (Å²) >= 11 is 0. The minimum Gasteiger partial charge on any atom is -0.348 e. The lowest BCUT2D eigenvalue weighted by molar-refractivity contribution is 0.0902. The first kappa shape index (κ1) is 15.7. The lowest BCUT2D eigenvalue weighted by Crippen LogP contribution is -2.45. The van der Waals surface area contributed by atoms with Crippen molar-refractivity contribution in [2.24, 2.45) is 11.7 Å². The van der Waals surface area contributed by atoms with Gasteiger partial charge in [0.2, 0.25) is 0 Å². The summed E-state index contributed by atoms with van der Waals surface area (Å²) in [7, 11) is 0. The number of rotatable bonds is 3. The molecule has 1 aliphatic rings. The average molecular weight is 287 g/mol. The van der Waals surface area contributed by atoms with Gasteiger partial charge >= 0.3 is 0 Å². The Balaban J connectivity index is 0.00000180. The summed E-state index contributed by atoms with van der Waals surface area (Å²) in [4.78, 5) is 22.8. The van der Waals surface area contributed by atoms with Gasteiger partial charge in [-0.3, -0.25) is 9.59 Å². The van der Waals surface area contributed by atoms with E-state index in [1.54, 1.807) is 0 Å². The van der Waals surface area contributed by atoms with Gasteiger partial charge in [0, 0.05) is 12.1 Å². The smallest absolute Gasteiger partial charge is 0.271 e. The van der Waals surface area contributed by atoms with Crippen LogP contribution in [0.4, 0.5) is 0 Å². The van der Waals surface area contributed by atoms with Crippen LogP contribution in [0, 0.1) is 5.92 Å². The van der Waals surface area contributed by atoms with Crippen molar-refractivity contribution >= 4 is 18.3 Å². The minimum atomic E-state index is -0.316. The fourth-order valence-electron chi connectivity index (χ4n) is 2.39. The predicted molar refractivity (Wildman–Crippen MR) is 74.4 cm³/mol. The van der Waals surface area contributed by atoms with Gasteiger partial charge in [-0.1, -0.05) is 12.8 Å². The first-order valence-corrected chi connectivity index (χ1v) is 6.27. The van der Waals surface area contributed by atoms with Crippen LogP contribution in [0.3, 0.4) is 0 Å². The zero-order chi connectivity index (χ0) is 13.0. The number of nitrogens with one attached hydrogen (secondary N) is 2. The summed E-state index contributed by atoms with van der Waals surface area (Å²) in [5, 5.41) is 8.92. The molecular formula is C12H19ClN4O2. The summed E-state index contributed by atoms with van der Waals surface area (Å²) < 4.78 is 0. The summed E-state index contributed by atoms with van der Waals surface area (Å²) in [6, 6.07) is 2.84. The van der Waals surface area contributed by atoms with Crippen molar-refractivity contribution < 1.29 is 4.79 Å². The predicted octanol–water partition coefficient (Wildman–Crippen LogP) is 0.439. The lowest BCUT2D eigenvalue weighted by atomic mass is 9.84. The zero-order valence-corrected chi connectivity index (χ0v) is 11.4. The number of H-pyrrole nitrogens is 1. The Labute approximate surface area is 117 Å². The number of carbonyl (C=O) groups is 1. The standard InChI is InChI=1S/C12H18N4O2.ClH/c13-7-8-3-1-2-4-9(8)14-12(18)10-5-6-11(17)16-15-10;/h5-6,8-9H,1-4,7,13H2,(H,14,18)(H,16,17);1H. The second-order valence-electron chi connectivity index (χ2n) is 4.67. The van der Waals surface area contributed by atoms with E-state index < -0.39 is 0 Å². The van der Waals surface area contributed by atoms with E-state index in [2.05, 4.69) is 15.5 Å². The Morgan fingerprint density at radius 2 is 2.16 bits per heavy atom. The van der Waals surface area contributed by atoms with E-state index in [9.17, 15) is 9.59 Å².